The van der Waals surface area contributed by atoms with E-state index in [0.717, 1.165) is 28.1 Å². The Bertz CT molecular complexity index is 519. The smallest absolute Gasteiger partial charge is 0.164 e. The molecule has 0 saturated carbocycles. The van der Waals surface area contributed by atoms with Crippen LogP contribution in [0.25, 0.3) is 11.4 Å². The third-order valence-corrected chi connectivity index (χ3v) is 3.10. The Morgan fingerprint density at radius 3 is 2.88 bits per heavy atom. The lowest BCUT2D eigenvalue weighted by Gasteiger charge is -2.10. The number of hydrogen-bond acceptors (Lipinski definition) is 3. The molecule has 0 aliphatic carbocycles. The molecule has 17 heavy (non-hydrogen) atoms. The van der Waals surface area contributed by atoms with Crippen molar-refractivity contribution in [1.82, 2.24) is 14.8 Å². The third kappa shape index (κ3) is 2.66. The molecule has 0 aliphatic rings. The van der Waals surface area contributed by atoms with Crippen LogP contribution in [0.5, 0.6) is 0 Å². The van der Waals surface area contributed by atoms with Gasteiger partial charge in [-0.3, -0.25) is 0 Å². The molecule has 0 saturated heterocycles. The van der Waals surface area contributed by atoms with Gasteiger partial charge in [0.2, 0.25) is 0 Å². The van der Waals surface area contributed by atoms with E-state index in [0.29, 0.717) is 5.92 Å². The highest BCUT2D eigenvalue weighted by Crippen LogP contribution is 2.28. The molecule has 0 amide bonds. The molecular formula is C12H15BrN4. The van der Waals surface area contributed by atoms with E-state index in [4.69, 9.17) is 5.73 Å². The lowest BCUT2D eigenvalue weighted by atomic mass is 10.1. The quantitative estimate of drug-likeness (QED) is 0.886. The van der Waals surface area contributed by atoms with Crippen molar-refractivity contribution in [3.05, 3.63) is 29.0 Å². The van der Waals surface area contributed by atoms with E-state index in [-0.39, 0.29) is 0 Å². The van der Waals surface area contributed by atoms with Crippen molar-refractivity contribution in [2.75, 3.05) is 5.73 Å². The number of hydrogen-bond donors (Lipinski definition) is 1. The van der Waals surface area contributed by atoms with E-state index in [1.54, 1.807) is 6.33 Å². The monoisotopic (exact) mass is 294 g/mol. The van der Waals surface area contributed by atoms with Gasteiger partial charge in [0.15, 0.2) is 5.82 Å². The number of benzene rings is 1. The van der Waals surface area contributed by atoms with Crippen molar-refractivity contribution in [3.63, 3.8) is 0 Å². The van der Waals surface area contributed by atoms with Gasteiger partial charge in [-0.05, 0) is 24.1 Å². The number of nitrogen functional groups attached to an aromatic ring is 1. The van der Waals surface area contributed by atoms with Gasteiger partial charge >= 0.3 is 0 Å². The highest BCUT2D eigenvalue weighted by molar-refractivity contribution is 9.10. The first-order chi connectivity index (χ1) is 8.08. The maximum atomic E-state index is 5.81. The van der Waals surface area contributed by atoms with Crippen molar-refractivity contribution < 1.29 is 0 Å². The molecule has 2 rings (SSSR count). The SMILES string of the molecule is CC(C)Cn1cnnc1-c1cc(N)ccc1Br. The summed E-state index contributed by atoms with van der Waals surface area (Å²) in [7, 11) is 0. The summed E-state index contributed by atoms with van der Waals surface area (Å²) >= 11 is 3.52. The number of nitrogens with two attached hydrogens (primary N) is 1. The molecule has 0 radical (unpaired) electrons. The fourth-order valence-corrected chi connectivity index (χ4v) is 2.13. The van der Waals surface area contributed by atoms with E-state index >= 15 is 0 Å². The van der Waals surface area contributed by atoms with Crippen LogP contribution in [0.3, 0.4) is 0 Å². The van der Waals surface area contributed by atoms with Crippen LogP contribution in [0, 0.1) is 5.92 Å². The number of nitrogens with zero attached hydrogens (tertiary/aromatic N) is 3. The van der Waals surface area contributed by atoms with Crippen molar-refractivity contribution >= 4 is 21.6 Å². The molecule has 0 spiro atoms. The normalized spacial score (nSPS) is 11.1. The van der Waals surface area contributed by atoms with Crippen molar-refractivity contribution in [1.29, 1.82) is 0 Å². The Kier molecular flexibility index (Phi) is 3.47. The molecule has 2 aromatic rings. The molecule has 0 fully saturated rings. The maximum absolute atomic E-state index is 5.81. The average Bonchev–Trinajstić information content (AvgIpc) is 2.69. The fraction of sp³-hybridized carbons (Fsp3) is 0.333. The van der Waals surface area contributed by atoms with Gasteiger partial charge in [0.25, 0.3) is 0 Å². The van der Waals surface area contributed by atoms with E-state index in [1.165, 1.54) is 0 Å². The zero-order chi connectivity index (χ0) is 12.4. The van der Waals surface area contributed by atoms with Crippen LogP contribution < -0.4 is 5.73 Å². The summed E-state index contributed by atoms with van der Waals surface area (Å²) in [6.45, 7) is 5.22. The van der Waals surface area contributed by atoms with Crippen LogP contribution in [-0.4, -0.2) is 14.8 Å². The third-order valence-electron chi connectivity index (χ3n) is 2.41. The van der Waals surface area contributed by atoms with Gasteiger partial charge in [0.1, 0.15) is 6.33 Å². The van der Waals surface area contributed by atoms with Gasteiger partial charge < -0.3 is 10.3 Å². The zero-order valence-electron chi connectivity index (χ0n) is 9.89. The Morgan fingerprint density at radius 2 is 2.18 bits per heavy atom. The molecule has 0 bridgehead atoms. The van der Waals surface area contributed by atoms with Gasteiger partial charge in [-0.1, -0.05) is 29.8 Å². The lowest BCUT2D eigenvalue weighted by Crippen LogP contribution is -2.05. The van der Waals surface area contributed by atoms with Gasteiger partial charge in [0.05, 0.1) is 0 Å². The largest absolute Gasteiger partial charge is 0.399 e. The predicted octanol–water partition coefficient (Wildman–Crippen LogP) is 2.95. The number of rotatable bonds is 3. The summed E-state index contributed by atoms with van der Waals surface area (Å²) in [4.78, 5) is 0. The molecule has 5 heteroatoms. The standard InChI is InChI=1S/C12H15BrN4/c1-8(2)6-17-7-15-16-12(17)10-5-9(14)3-4-11(10)13/h3-5,7-8H,6,14H2,1-2H3. The molecule has 1 aromatic carbocycles. The Labute approximate surface area is 109 Å². The van der Waals surface area contributed by atoms with Gasteiger partial charge in [-0.2, -0.15) is 0 Å². The molecule has 2 N–H and O–H groups in total. The molecule has 0 unspecified atom stereocenters. The molecule has 0 aliphatic heterocycles. The van der Waals surface area contributed by atoms with Crippen LogP contribution in [0.2, 0.25) is 0 Å². The molecule has 0 atom stereocenters. The highest BCUT2D eigenvalue weighted by atomic mass is 79.9. The van der Waals surface area contributed by atoms with Crippen molar-refractivity contribution in [3.8, 4) is 11.4 Å². The second kappa shape index (κ2) is 4.87. The van der Waals surface area contributed by atoms with Crippen LogP contribution in [-0.2, 0) is 6.54 Å². The second-order valence-electron chi connectivity index (χ2n) is 4.44. The van der Waals surface area contributed by atoms with Gasteiger partial charge in [0, 0.05) is 22.3 Å². The summed E-state index contributed by atoms with van der Waals surface area (Å²) in [6.07, 6.45) is 1.75. The zero-order valence-corrected chi connectivity index (χ0v) is 11.5. The summed E-state index contributed by atoms with van der Waals surface area (Å²) in [5, 5.41) is 8.14. The minimum atomic E-state index is 0.546. The minimum Gasteiger partial charge on any atom is -0.399 e. The van der Waals surface area contributed by atoms with Crippen LogP contribution in [0.15, 0.2) is 29.0 Å². The lowest BCUT2D eigenvalue weighted by molar-refractivity contribution is 0.525. The molecular weight excluding hydrogens is 280 g/mol. The summed E-state index contributed by atoms with van der Waals surface area (Å²) in [6, 6.07) is 5.70. The second-order valence-corrected chi connectivity index (χ2v) is 5.29. The predicted molar refractivity (Wildman–Crippen MR) is 72.4 cm³/mol. The Morgan fingerprint density at radius 1 is 1.41 bits per heavy atom. The van der Waals surface area contributed by atoms with Crippen LogP contribution in [0.4, 0.5) is 5.69 Å². The Hall–Kier alpha value is -1.36. The van der Waals surface area contributed by atoms with Crippen molar-refractivity contribution in [2.45, 2.75) is 20.4 Å². The average molecular weight is 295 g/mol. The highest BCUT2D eigenvalue weighted by Gasteiger charge is 2.11. The summed E-state index contributed by atoms with van der Waals surface area (Å²) in [5.74, 6) is 1.39. The first-order valence-electron chi connectivity index (χ1n) is 5.51. The molecule has 4 nitrogen and oxygen atoms in total. The van der Waals surface area contributed by atoms with Crippen molar-refractivity contribution in [2.24, 2.45) is 5.92 Å². The summed E-state index contributed by atoms with van der Waals surface area (Å²) < 4.78 is 3.02. The van der Waals surface area contributed by atoms with E-state index in [9.17, 15) is 0 Å². The minimum absolute atomic E-state index is 0.546. The topological polar surface area (TPSA) is 56.7 Å². The number of anilines is 1. The fourth-order valence-electron chi connectivity index (χ4n) is 1.70. The number of halogens is 1. The van der Waals surface area contributed by atoms with Gasteiger partial charge in [-0.15, -0.1) is 10.2 Å². The van der Waals surface area contributed by atoms with Crippen LogP contribution >= 0.6 is 15.9 Å². The molecule has 90 valence electrons. The first-order valence-corrected chi connectivity index (χ1v) is 6.30. The molecule has 1 heterocycles. The summed E-state index contributed by atoms with van der Waals surface area (Å²) in [5.41, 5.74) is 7.51. The molecule has 1 aromatic heterocycles. The van der Waals surface area contributed by atoms with Gasteiger partial charge in [-0.25, -0.2) is 0 Å². The van der Waals surface area contributed by atoms with Crippen LogP contribution in [0.1, 0.15) is 13.8 Å². The first kappa shape index (κ1) is 12.1. The Balaban J connectivity index is 2.45. The maximum Gasteiger partial charge on any atom is 0.164 e. The van der Waals surface area contributed by atoms with E-state index in [2.05, 4.69) is 40.0 Å². The van der Waals surface area contributed by atoms with E-state index < -0.39 is 0 Å². The van der Waals surface area contributed by atoms with E-state index in [1.807, 2.05) is 22.8 Å². The number of aromatic nitrogens is 3.